The van der Waals surface area contributed by atoms with Crippen LogP contribution in [-0.2, 0) is 11.3 Å². The topological polar surface area (TPSA) is 51.7 Å². The molecule has 0 N–H and O–H groups in total. The maximum absolute atomic E-state index is 11.7. The number of benzene rings is 1. The molecule has 0 fully saturated rings. The van der Waals surface area contributed by atoms with Crippen molar-refractivity contribution in [2.24, 2.45) is 0 Å². The van der Waals surface area contributed by atoms with Gasteiger partial charge < -0.3 is 9.47 Å². The summed E-state index contributed by atoms with van der Waals surface area (Å²) in [5.41, 5.74) is 1.52. The Morgan fingerprint density at radius 3 is 2.54 bits per heavy atom. The Hall–Kier alpha value is -2.40. The van der Waals surface area contributed by atoms with E-state index in [1.54, 1.807) is 37.4 Å². The third-order valence-electron chi connectivity index (χ3n) is 3.73. The number of rotatable bonds is 7. The highest BCUT2D eigenvalue weighted by molar-refractivity contribution is 5.89. The molecule has 0 atom stereocenters. The number of ether oxygens (including phenoxy) is 2. The molecule has 0 spiro atoms. The standard InChI is InChI=1S/C19H24N2O3/c1-5-23-19(22)15-8-10-17(11-9-15)24-18-16(7-6-12-20-18)13-21(4)14(2)3/h6-12,14H,5,13H2,1-4H3. The van der Waals surface area contributed by atoms with Crippen molar-refractivity contribution in [3.05, 3.63) is 53.7 Å². The number of pyridine rings is 1. The lowest BCUT2D eigenvalue weighted by atomic mass is 10.2. The van der Waals surface area contributed by atoms with Gasteiger partial charge in [-0.05, 0) is 58.2 Å². The lowest BCUT2D eigenvalue weighted by Gasteiger charge is -2.21. The predicted octanol–water partition coefficient (Wildman–Crippen LogP) is 3.89. The number of carbonyl (C=O) groups excluding carboxylic acids is 1. The SMILES string of the molecule is CCOC(=O)c1ccc(Oc2ncccc2CN(C)C(C)C)cc1. The van der Waals surface area contributed by atoms with E-state index in [-0.39, 0.29) is 5.97 Å². The predicted molar refractivity (Wildman–Crippen MR) is 93.3 cm³/mol. The van der Waals surface area contributed by atoms with Gasteiger partial charge in [0.05, 0.1) is 12.2 Å². The number of nitrogens with zero attached hydrogens (tertiary/aromatic N) is 2. The van der Waals surface area contributed by atoms with Crippen LogP contribution in [0.4, 0.5) is 0 Å². The highest BCUT2D eigenvalue weighted by atomic mass is 16.5. The second-order valence-electron chi connectivity index (χ2n) is 5.82. The molecular weight excluding hydrogens is 304 g/mol. The minimum absolute atomic E-state index is 0.332. The van der Waals surface area contributed by atoms with Gasteiger partial charge in [-0.15, -0.1) is 0 Å². The third-order valence-corrected chi connectivity index (χ3v) is 3.73. The van der Waals surface area contributed by atoms with Gasteiger partial charge in [0.1, 0.15) is 5.75 Å². The quantitative estimate of drug-likeness (QED) is 0.722. The van der Waals surface area contributed by atoms with E-state index in [1.807, 2.05) is 12.1 Å². The van der Waals surface area contributed by atoms with Crippen molar-refractivity contribution < 1.29 is 14.3 Å². The van der Waals surface area contributed by atoms with Gasteiger partial charge >= 0.3 is 5.97 Å². The van der Waals surface area contributed by atoms with Crippen LogP contribution >= 0.6 is 0 Å². The molecule has 0 bridgehead atoms. The Morgan fingerprint density at radius 1 is 1.21 bits per heavy atom. The molecule has 1 aromatic carbocycles. The van der Waals surface area contributed by atoms with E-state index < -0.39 is 0 Å². The monoisotopic (exact) mass is 328 g/mol. The largest absolute Gasteiger partial charge is 0.462 e. The first kappa shape index (κ1) is 17.9. The fraction of sp³-hybridized carbons (Fsp3) is 0.368. The maximum atomic E-state index is 11.7. The zero-order valence-electron chi connectivity index (χ0n) is 14.7. The Labute approximate surface area is 143 Å². The summed E-state index contributed by atoms with van der Waals surface area (Å²) in [6.07, 6.45) is 1.71. The molecule has 0 saturated carbocycles. The van der Waals surface area contributed by atoms with E-state index in [2.05, 4.69) is 30.8 Å². The summed E-state index contributed by atoms with van der Waals surface area (Å²) in [5.74, 6) is 0.880. The van der Waals surface area contributed by atoms with E-state index in [0.29, 0.717) is 29.8 Å². The van der Waals surface area contributed by atoms with Crippen molar-refractivity contribution in [3.8, 4) is 11.6 Å². The average molecular weight is 328 g/mol. The fourth-order valence-corrected chi connectivity index (χ4v) is 2.07. The van der Waals surface area contributed by atoms with Crippen LogP contribution in [0.1, 0.15) is 36.7 Å². The Balaban J connectivity index is 2.12. The van der Waals surface area contributed by atoms with Crippen molar-refractivity contribution in [2.75, 3.05) is 13.7 Å². The molecule has 1 heterocycles. The molecular formula is C19H24N2O3. The molecule has 0 amide bonds. The molecule has 5 nitrogen and oxygen atoms in total. The molecule has 0 radical (unpaired) electrons. The van der Waals surface area contributed by atoms with Crippen LogP contribution < -0.4 is 4.74 Å². The summed E-state index contributed by atoms with van der Waals surface area (Å²) in [4.78, 5) is 18.2. The van der Waals surface area contributed by atoms with Gasteiger partial charge in [0.25, 0.3) is 0 Å². The summed E-state index contributed by atoms with van der Waals surface area (Å²) in [5, 5.41) is 0. The van der Waals surface area contributed by atoms with Crippen LogP contribution in [-0.4, -0.2) is 35.5 Å². The van der Waals surface area contributed by atoms with Gasteiger partial charge in [-0.3, -0.25) is 4.90 Å². The van der Waals surface area contributed by atoms with Crippen LogP contribution in [0, 0.1) is 0 Å². The number of esters is 1. The highest BCUT2D eigenvalue weighted by Crippen LogP contribution is 2.24. The van der Waals surface area contributed by atoms with E-state index in [0.717, 1.165) is 12.1 Å². The molecule has 0 aliphatic heterocycles. The molecule has 0 aliphatic rings. The number of hydrogen-bond donors (Lipinski definition) is 0. The van der Waals surface area contributed by atoms with Crippen LogP contribution in [0.25, 0.3) is 0 Å². The van der Waals surface area contributed by atoms with Crippen molar-refractivity contribution in [3.63, 3.8) is 0 Å². The molecule has 0 saturated heterocycles. The van der Waals surface area contributed by atoms with Crippen molar-refractivity contribution in [1.29, 1.82) is 0 Å². The van der Waals surface area contributed by atoms with Crippen LogP contribution in [0.5, 0.6) is 11.6 Å². The minimum atomic E-state index is -0.332. The summed E-state index contributed by atoms with van der Waals surface area (Å²) >= 11 is 0. The number of hydrogen-bond acceptors (Lipinski definition) is 5. The number of aromatic nitrogens is 1. The second-order valence-corrected chi connectivity index (χ2v) is 5.82. The highest BCUT2D eigenvalue weighted by Gasteiger charge is 2.12. The minimum Gasteiger partial charge on any atom is -0.462 e. The zero-order valence-corrected chi connectivity index (χ0v) is 14.7. The van der Waals surface area contributed by atoms with Crippen molar-refractivity contribution in [1.82, 2.24) is 9.88 Å². The molecule has 0 unspecified atom stereocenters. The van der Waals surface area contributed by atoms with Gasteiger partial charge in [-0.25, -0.2) is 9.78 Å². The molecule has 2 rings (SSSR count). The van der Waals surface area contributed by atoms with Crippen molar-refractivity contribution in [2.45, 2.75) is 33.4 Å². The molecule has 2 aromatic rings. The summed E-state index contributed by atoms with van der Waals surface area (Å²) in [6.45, 7) is 7.18. The van der Waals surface area contributed by atoms with E-state index >= 15 is 0 Å². The van der Waals surface area contributed by atoms with Gasteiger partial charge in [-0.2, -0.15) is 0 Å². The first-order valence-corrected chi connectivity index (χ1v) is 8.10. The van der Waals surface area contributed by atoms with Crippen LogP contribution in [0.3, 0.4) is 0 Å². The van der Waals surface area contributed by atoms with Gasteiger partial charge in [0.15, 0.2) is 0 Å². The summed E-state index contributed by atoms with van der Waals surface area (Å²) in [7, 11) is 2.07. The van der Waals surface area contributed by atoms with Crippen LogP contribution in [0.2, 0.25) is 0 Å². The lowest BCUT2D eigenvalue weighted by Crippen LogP contribution is -2.25. The first-order chi connectivity index (χ1) is 11.5. The molecule has 5 heteroatoms. The first-order valence-electron chi connectivity index (χ1n) is 8.10. The fourth-order valence-electron chi connectivity index (χ4n) is 2.07. The molecule has 24 heavy (non-hydrogen) atoms. The lowest BCUT2D eigenvalue weighted by molar-refractivity contribution is 0.0526. The van der Waals surface area contributed by atoms with Gasteiger partial charge in [-0.1, -0.05) is 6.07 Å². The summed E-state index contributed by atoms with van der Waals surface area (Å²) < 4.78 is 10.9. The average Bonchev–Trinajstić information content (AvgIpc) is 2.57. The van der Waals surface area contributed by atoms with E-state index in [1.165, 1.54) is 0 Å². The molecule has 0 aliphatic carbocycles. The van der Waals surface area contributed by atoms with E-state index in [9.17, 15) is 4.79 Å². The Bertz CT molecular complexity index is 669. The summed E-state index contributed by atoms with van der Waals surface area (Å²) in [6, 6.07) is 11.2. The Morgan fingerprint density at radius 2 is 1.92 bits per heavy atom. The normalized spacial score (nSPS) is 10.9. The Kier molecular flexibility index (Phi) is 6.32. The number of carbonyl (C=O) groups is 1. The third kappa shape index (κ3) is 4.80. The maximum Gasteiger partial charge on any atom is 0.338 e. The van der Waals surface area contributed by atoms with E-state index in [4.69, 9.17) is 9.47 Å². The molecule has 128 valence electrons. The van der Waals surface area contributed by atoms with Gasteiger partial charge in [0.2, 0.25) is 5.88 Å². The zero-order chi connectivity index (χ0) is 17.5. The van der Waals surface area contributed by atoms with Crippen molar-refractivity contribution >= 4 is 5.97 Å². The second kappa shape index (κ2) is 8.45. The smallest absolute Gasteiger partial charge is 0.338 e. The van der Waals surface area contributed by atoms with Crippen LogP contribution in [0.15, 0.2) is 42.6 Å². The van der Waals surface area contributed by atoms with Gasteiger partial charge in [0, 0.05) is 24.3 Å². The molecule has 1 aromatic heterocycles.